The number of hydrogen-bond donors (Lipinski definition) is 1. The Bertz CT molecular complexity index is 1940. The molecule has 0 fully saturated rings. The van der Waals surface area contributed by atoms with Gasteiger partial charge in [-0.05, 0) is 0 Å². The van der Waals surface area contributed by atoms with Crippen molar-refractivity contribution in [2.24, 2.45) is 4.99 Å². The molecule has 2 amide bonds. The molecule has 0 radical (unpaired) electrons. The molecule has 4 aromatic carbocycles. The van der Waals surface area contributed by atoms with Crippen LogP contribution in [0, 0.1) is 0 Å². The summed E-state index contributed by atoms with van der Waals surface area (Å²) in [7, 11) is 0. The van der Waals surface area contributed by atoms with Crippen LogP contribution in [0.4, 0.5) is 0 Å². The van der Waals surface area contributed by atoms with Crippen LogP contribution >= 0.6 is 0 Å². The number of benzene rings is 4. The predicted molar refractivity (Wildman–Crippen MR) is 165 cm³/mol. The van der Waals surface area contributed by atoms with Gasteiger partial charge in [-0.25, -0.2) is 0 Å². The molecule has 6 aromatic rings. The first-order valence-corrected chi connectivity index (χ1v) is 15.6. The first kappa shape index (κ1) is 26.3. The number of amidine groups is 1. The van der Waals surface area contributed by atoms with E-state index in [-0.39, 0.29) is 20.9 Å². The van der Waals surface area contributed by atoms with Gasteiger partial charge in [0.05, 0.1) is 0 Å². The van der Waals surface area contributed by atoms with Gasteiger partial charge in [0, 0.05) is 0 Å². The molecule has 0 saturated carbocycles. The van der Waals surface area contributed by atoms with Crippen LogP contribution in [0.25, 0.3) is 44.3 Å². The predicted octanol–water partition coefficient (Wildman–Crippen LogP) is 6.80. The zero-order valence-electron chi connectivity index (χ0n) is 22.1. The van der Waals surface area contributed by atoms with E-state index < -0.39 is 5.91 Å². The van der Waals surface area contributed by atoms with Crippen molar-refractivity contribution in [2.75, 3.05) is 0 Å². The van der Waals surface area contributed by atoms with Gasteiger partial charge >= 0.3 is 244 Å². The second kappa shape index (κ2) is 11.6. The van der Waals surface area contributed by atoms with Gasteiger partial charge in [-0.3, -0.25) is 0 Å². The van der Waals surface area contributed by atoms with Crippen LogP contribution in [0.2, 0.25) is 5.82 Å². The number of carbonyl (C=O) groups is 2. The number of nitrogens with zero attached hydrogens (tertiary/aromatic N) is 3. The molecular weight excluding hydrogens is 575 g/mol. The zero-order chi connectivity index (χ0) is 28.2. The van der Waals surface area contributed by atoms with Crippen LogP contribution in [-0.4, -0.2) is 41.5 Å². The number of para-hydroxylation sites is 2. The van der Waals surface area contributed by atoms with Gasteiger partial charge in [0.1, 0.15) is 0 Å². The molecule has 0 spiro atoms. The quantitative estimate of drug-likeness (QED) is 0.134. The van der Waals surface area contributed by atoms with Crippen LogP contribution in [-0.2, 0) is 0 Å². The summed E-state index contributed by atoms with van der Waals surface area (Å²) in [6, 6.07) is 38.1. The number of hydrogen-bond acceptors (Lipinski definition) is 4. The van der Waals surface area contributed by atoms with Crippen molar-refractivity contribution in [3.05, 3.63) is 132 Å². The van der Waals surface area contributed by atoms with E-state index in [0.717, 1.165) is 16.5 Å². The molecule has 1 N–H and O–H groups in total. The number of carbonyl (C=O) groups excluding carboxylic acids is 2. The third-order valence-electron chi connectivity index (χ3n) is 6.66. The van der Waals surface area contributed by atoms with E-state index in [4.69, 9.17) is 9.97 Å². The van der Waals surface area contributed by atoms with Crippen LogP contribution in [0.15, 0.2) is 126 Å². The van der Waals surface area contributed by atoms with Gasteiger partial charge < -0.3 is 0 Å². The second-order valence-electron chi connectivity index (χ2n) is 9.26. The molecule has 0 aliphatic heterocycles. The number of pyridine rings is 2. The number of rotatable bonds is 5. The van der Waals surface area contributed by atoms with Crippen molar-refractivity contribution in [3.8, 4) is 22.5 Å². The average molecular weight is 600 g/mol. The second-order valence-corrected chi connectivity index (χ2v) is 10.9. The van der Waals surface area contributed by atoms with Crippen molar-refractivity contribution in [1.29, 1.82) is 0 Å². The topological polar surface area (TPSA) is 84.3 Å². The fourth-order valence-corrected chi connectivity index (χ4v) is 5.44. The molecule has 0 aliphatic rings. The average Bonchev–Trinajstić information content (AvgIpc) is 3.04. The minimum absolute atomic E-state index is 0.262. The third-order valence-corrected chi connectivity index (χ3v) is 7.88. The maximum atomic E-state index is 13.6. The fourth-order valence-electron chi connectivity index (χ4n) is 4.67. The van der Waals surface area contributed by atoms with Gasteiger partial charge in [0.25, 0.3) is 0 Å². The van der Waals surface area contributed by atoms with Crippen LogP contribution in [0.3, 0.4) is 0 Å². The van der Waals surface area contributed by atoms with Crippen molar-refractivity contribution in [2.45, 2.75) is 5.82 Å². The molecular formula is C34H24N4O2Se. The molecule has 0 atom stereocenters. The van der Waals surface area contributed by atoms with Crippen LogP contribution in [0.1, 0.15) is 20.7 Å². The van der Waals surface area contributed by atoms with Gasteiger partial charge in [0.15, 0.2) is 0 Å². The number of aromatic nitrogens is 2. The number of amides is 2. The zero-order valence-corrected chi connectivity index (χ0v) is 23.8. The van der Waals surface area contributed by atoms with Gasteiger partial charge in [-0.1, -0.05) is 0 Å². The Morgan fingerprint density at radius 2 is 1.10 bits per heavy atom. The van der Waals surface area contributed by atoms with Crippen LogP contribution < -0.4 is 5.32 Å². The van der Waals surface area contributed by atoms with E-state index in [9.17, 15) is 9.59 Å². The molecule has 2 heterocycles. The SMILES string of the molecule is C[Se]C(=NC(=O)c1cc(-c2ccccc2)nc2ccccc12)NC(=O)c1cc(-c2ccccc2)nc2ccccc12. The summed E-state index contributed by atoms with van der Waals surface area (Å²) in [5.41, 5.74) is 5.53. The molecule has 0 unspecified atom stereocenters. The molecule has 198 valence electrons. The third kappa shape index (κ3) is 5.54. The summed E-state index contributed by atoms with van der Waals surface area (Å²) in [5, 5.41) is 4.36. The number of aliphatic imine (C=N–C) groups is 1. The summed E-state index contributed by atoms with van der Waals surface area (Å²) >= 11 is -0.262. The van der Waals surface area contributed by atoms with Crippen molar-refractivity contribution in [3.63, 3.8) is 0 Å². The van der Waals surface area contributed by atoms with Crippen LogP contribution in [0.5, 0.6) is 0 Å². The summed E-state index contributed by atoms with van der Waals surface area (Å²) in [5.74, 6) is 1.16. The van der Waals surface area contributed by atoms with E-state index in [1.54, 1.807) is 12.1 Å². The Morgan fingerprint density at radius 1 is 0.634 bits per heavy atom. The van der Waals surface area contributed by atoms with E-state index in [1.807, 2.05) is 115 Å². The van der Waals surface area contributed by atoms with E-state index >= 15 is 0 Å². The summed E-state index contributed by atoms with van der Waals surface area (Å²) in [6.07, 6.45) is 0. The van der Waals surface area contributed by atoms with Crippen molar-refractivity contribution >= 4 is 53.3 Å². The Kier molecular flexibility index (Phi) is 7.46. The number of nitrogens with one attached hydrogen (secondary N) is 1. The summed E-state index contributed by atoms with van der Waals surface area (Å²) < 4.78 is 0.344. The molecule has 2 aromatic heterocycles. The van der Waals surface area contributed by atoms with E-state index in [1.165, 1.54) is 0 Å². The van der Waals surface area contributed by atoms with Gasteiger partial charge in [-0.2, -0.15) is 0 Å². The van der Waals surface area contributed by atoms with E-state index in [0.29, 0.717) is 43.7 Å². The minimum atomic E-state index is -0.427. The van der Waals surface area contributed by atoms with Crippen molar-refractivity contribution < 1.29 is 9.59 Å². The summed E-state index contributed by atoms with van der Waals surface area (Å²) in [6.45, 7) is 0. The Balaban J connectivity index is 1.37. The first-order valence-electron chi connectivity index (χ1n) is 13.0. The standard InChI is InChI=1S/C34H24N4O2Se/c1-41-34(37-32(39)26-20-30(22-12-4-2-5-13-22)35-28-18-10-8-16-24(26)28)38-33(40)27-21-31(23-14-6-3-7-15-23)36-29-19-11-9-17-25(27)29/h2-21H,1H3,(H,37,38,39,40). The Morgan fingerprint density at radius 3 is 1.63 bits per heavy atom. The fraction of sp³-hybridized carbons (Fsp3) is 0.0294. The molecule has 6 rings (SSSR count). The van der Waals surface area contributed by atoms with Gasteiger partial charge in [0.2, 0.25) is 0 Å². The molecule has 0 aliphatic carbocycles. The molecule has 41 heavy (non-hydrogen) atoms. The normalized spacial score (nSPS) is 11.5. The first-order chi connectivity index (χ1) is 20.1. The Hall–Kier alpha value is -4.97. The summed E-state index contributed by atoms with van der Waals surface area (Å²) in [4.78, 5) is 41.2. The monoisotopic (exact) mass is 600 g/mol. The molecule has 7 heteroatoms. The van der Waals surface area contributed by atoms with Crippen molar-refractivity contribution in [1.82, 2.24) is 15.3 Å². The Labute approximate surface area is 243 Å². The number of fused-ring (bicyclic) bond motifs is 2. The molecule has 0 saturated heterocycles. The maximum absolute atomic E-state index is 13.6. The molecule has 6 nitrogen and oxygen atoms in total. The van der Waals surface area contributed by atoms with E-state index in [2.05, 4.69) is 10.3 Å². The molecule has 0 bridgehead atoms. The van der Waals surface area contributed by atoms with Gasteiger partial charge in [-0.15, -0.1) is 0 Å².